The quantitative estimate of drug-likeness (QED) is 0.757. The van der Waals surface area contributed by atoms with Gasteiger partial charge < -0.3 is 10.6 Å². The number of benzene rings is 1. The molecule has 0 spiro atoms. The Morgan fingerprint density at radius 2 is 2.21 bits per heavy atom. The summed E-state index contributed by atoms with van der Waals surface area (Å²) in [4.78, 5) is 2.14. The Labute approximate surface area is 87.7 Å². The smallest absolute Gasteiger partial charge is 0.101 e. The van der Waals surface area contributed by atoms with Gasteiger partial charge in [-0.25, -0.2) is 0 Å². The van der Waals surface area contributed by atoms with Gasteiger partial charge in [0.1, 0.15) is 6.07 Å². The van der Waals surface area contributed by atoms with E-state index in [2.05, 4.69) is 4.90 Å². The minimum atomic E-state index is 0.268. The zero-order valence-electron chi connectivity index (χ0n) is 7.57. The molecule has 1 saturated heterocycles. The van der Waals surface area contributed by atoms with Crippen molar-refractivity contribution in [3.05, 3.63) is 28.8 Å². The summed E-state index contributed by atoms with van der Waals surface area (Å²) in [7, 11) is 0. The number of nitrogens with zero attached hydrogens (tertiary/aromatic N) is 2. The third-order valence-corrected chi connectivity index (χ3v) is 2.66. The Kier molecular flexibility index (Phi) is 2.32. The summed E-state index contributed by atoms with van der Waals surface area (Å²) in [6.45, 7) is 1.73. The Morgan fingerprint density at radius 3 is 2.71 bits per heavy atom. The fourth-order valence-corrected chi connectivity index (χ4v) is 1.73. The lowest BCUT2D eigenvalue weighted by Gasteiger charge is -2.38. The van der Waals surface area contributed by atoms with E-state index in [1.165, 1.54) is 0 Å². The second-order valence-electron chi connectivity index (χ2n) is 3.44. The fourth-order valence-electron chi connectivity index (χ4n) is 1.51. The highest BCUT2D eigenvalue weighted by molar-refractivity contribution is 6.32. The maximum Gasteiger partial charge on any atom is 0.101 e. The number of rotatable bonds is 1. The van der Waals surface area contributed by atoms with E-state index in [0.29, 0.717) is 10.6 Å². The van der Waals surface area contributed by atoms with E-state index in [-0.39, 0.29) is 6.04 Å². The Morgan fingerprint density at radius 1 is 1.50 bits per heavy atom. The number of nitrogens with two attached hydrogens (primary N) is 1. The molecule has 1 aliphatic rings. The Balaban J connectivity index is 2.22. The molecule has 1 aromatic rings. The highest BCUT2D eigenvalue weighted by Gasteiger charge is 2.23. The van der Waals surface area contributed by atoms with Crippen LogP contribution in [-0.4, -0.2) is 19.1 Å². The topological polar surface area (TPSA) is 53.0 Å². The van der Waals surface area contributed by atoms with Crippen molar-refractivity contribution in [2.45, 2.75) is 6.04 Å². The van der Waals surface area contributed by atoms with Gasteiger partial charge in [0, 0.05) is 24.8 Å². The molecule has 1 heterocycles. The monoisotopic (exact) mass is 207 g/mol. The molecule has 0 aromatic heterocycles. The van der Waals surface area contributed by atoms with Gasteiger partial charge in [-0.15, -0.1) is 0 Å². The molecule has 3 nitrogen and oxygen atoms in total. The van der Waals surface area contributed by atoms with Gasteiger partial charge in [-0.05, 0) is 18.2 Å². The van der Waals surface area contributed by atoms with Crippen molar-refractivity contribution < 1.29 is 0 Å². The molecule has 0 unspecified atom stereocenters. The fraction of sp³-hybridized carbons (Fsp3) is 0.300. The molecule has 0 saturated carbocycles. The third kappa shape index (κ3) is 1.54. The molecule has 4 heteroatoms. The van der Waals surface area contributed by atoms with Crippen LogP contribution in [0.15, 0.2) is 18.2 Å². The van der Waals surface area contributed by atoms with Crippen LogP contribution in [0.3, 0.4) is 0 Å². The maximum atomic E-state index is 8.69. The van der Waals surface area contributed by atoms with E-state index in [9.17, 15) is 0 Å². The van der Waals surface area contributed by atoms with Crippen LogP contribution in [0.4, 0.5) is 5.69 Å². The molecule has 0 aliphatic carbocycles. The minimum absolute atomic E-state index is 0.268. The van der Waals surface area contributed by atoms with Gasteiger partial charge in [0.2, 0.25) is 0 Å². The molecule has 0 atom stereocenters. The number of anilines is 1. The van der Waals surface area contributed by atoms with Crippen LogP contribution in [-0.2, 0) is 0 Å². The average molecular weight is 208 g/mol. The first-order valence-corrected chi connectivity index (χ1v) is 4.78. The summed E-state index contributed by atoms with van der Waals surface area (Å²) in [5, 5.41) is 9.20. The highest BCUT2D eigenvalue weighted by Crippen LogP contribution is 2.25. The molecule has 14 heavy (non-hydrogen) atoms. The molecular weight excluding hydrogens is 198 g/mol. The SMILES string of the molecule is N#Cc1ccc(N2CC(N)C2)cc1Cl. The summed E-state index contributed by atoms with van der Waals surface area (Å²) in [6, 6.07) is 7.75. The predicted octanol–water partition coefficient (Wildman–Crippen LogP) is 1.36. The van der Waals surface area contributed by atoms with Crippen molar-refractivity contribution in [3.8, 4) is 6.07 Å². The van der Waals surface area contributed by atoms with Crippen LogP contribution < -0.4 is 10.6 Å². The highest BCUT2D eigenvalue weighted by atomic mass is 35.5. The largest absolute Gasteiger partial charge is 0.368 e. The number of halogens is 1. The number of hydrogen-bond acceptors (Lipinski definition) is 3. The molecule has 2 N–H and O–H groups in total. The predicted molar refractivity (Wildman–Crippen MR) is 56.4 cm³/mol. The van der Waals surface area contributed by atoms with Crippen LogP contribution in [0.25, 0.3) is 0 Å². The van der Waals surface area contributed by atoms with Gasteiger partial charge in [0.15, 0.2) is 0 Å². The lowest BCUT2D eigenvalue weighted by atomic mass is 10.1. The van der Waals surface area contributed by atoms with Crippen LogP contribution in [0.2, 0.25) is 5.02 Å². The van der Waals surface area contributed by atoms with Crippen LogP contribution >= 0.6 is 11.6 Å². The van der Waals surface area contributed by atoms with Gasteiger partial charge in [0.25, 0.3) is 0 Å². The van der Waals surface area contributed by atoms with E-state index >= 15 is 0 Å². The molecule has 1 aromatic carbocycles. The second kappa shape index (κ2) is 3.49. The van der Waals surface area contributed by atoms with Crippen molar-refractivity contribution in [1.29, 1.82) is 5.26 Å². The molecule has 0 amide bonds. The van der Waals surface area contributed by atoms with Crippen molar-refractivity contribution >= 4 is 17.3 Å². The van der Waals surface area contributed by atoms with Crippen molar-refractivity contribution in [2.75, 3.05) is 18.0 Å². The minimum Gasteiger partial charge on any atom is -0.368 e. The summed E-state index contributed by atoms with van der Waals surface area (Å²) in [5.74, 6) is 0. The molecule has 1 fully saturated rings. The van der Waals surface area contributed by atoms with Gasteiger partial charge in [0.05, 0.1) is 10.6 Å². The van der Waals surface area contributed by atoms with Gasteiger partial charge >= 0.3 is 0 Å². The van der Waals surface area contributed by atoms with Crippen molar-refractivity contribution in [1.82, 2.24) is 0 Å². The van der Waals surface area contributed by atoms with Crippen LogP contribution in [0.5, 0.6) is 0 Å². The Hall–Kier alpha value is -1.24. The lowest BCUT2D eigenvalue weighted by molar-refractivity contribution is 0.519. The van der Waals surface area contributed by atoms with E-state index in [1.54, 1.807) is 6.07 Å². The zero-order chi connectivity index (χ0) is 10.1. The van der Waals surface area contributed by atoms with E-state index < -0.39 is 0 Å². The van der Waals surface area contributed by atoms with E-state index in [1.807, 2.05) is 18.2 Å². The van der Waals surface area contributed by atoms with Gasteiger partial charge in [-0.2, -0.15) is 5.26 Å². The molecule has 72 valence electrons. The standard InChI is InChI=1S/C10H10ClN3/c11-10-3-9(2-1-7(10)4-12)14-5-8(13)6-14/h1-3,8H,5-6,13H2. The number of nitriles is 1. The van der Waals surface area contributed by atoms with Crippen molar-refractivity contribution in [3.63, 3.8) is 0 Å². The third-order valence-electron chi connectivity index (χ3n) is 2.35. The molecule has 1 aliphatic heterocycles. The first-order chi connectivity index (χ1) is 6.70. The second-order valence-corrected chi connectivity index (χ2v) is 3.85. The van der Waals surface area contributed by atoms with Gasteiger partial charge in [-0.3, -0.25) is 0 Å². The Bertz CT molecular complexity index is 391. The molecule has 0 radical (unpaired) electrons. The lowest BCUT2D eigenvalue weighted by Crippen LogP contribution is -2.55. The first-order valence-electron chi connectivity index (χ1n) is 4.41. The summed E-state index contributed by atoms with van der Waals surface area (Å²) in [5.41, 5.74) is 7.23. The van der Waals surface area contributed by atoms with Crippen LogP contribution in [0.1, 0.15) is 5.56 Å². The average Bonchev–Trinajstić information content (AvgIpc) is 2.13. The zero-order valence-corrected chi connectivity index (χ0v) is 8.33. The maximum absolute atomic E-state index is 8.69. The summed E-state index contributed by atoms with van der Waals surface area (Å²) >= 11 is 5.91. The number of hydrogen-bond donors (Lipinski definition) is 1. The molecule has 0 bridgehead atoms. The molecular formula is C10H10ClN3. The normalized spacial score (nSPS) is 16.2. The van der Waals surface area contributed by atoms with E-state index in [4.69, 9.17) is 22.6 Å². The van der Waals surface area contributed by atoms with Gasteiger partial charge in [-0.1, -0.05) is 11.6 Å². The molecule has 2 rings (SSSR count). The van der Waals surface area contributed by atoms with E-state index in [0.717, 1.165) is 18.8 Å². The van der Waals surface area contributed by atoms with Crippen LogP contribution in [0, 0.1) is 11.3 Å². The van der Waals surface area contributed by atoms with Crippen molar-refractivity contribution in [2.24, 2.45) is 5.73 Å². The summed E-state index contributed by atoms with van der Waals surface area (Å²) < 4.78 is 0. The summed E-state index contributed by atoms with van der Waals surface area (Å²) in [6.07, 6.45) is 0. The first kappa shape index (κ1) is 9.32.